The number of halogens is 1. The number of rotatable bonds is 8. The summed E-state index contributed by atoms with van der Waals surface area (Å²) in [5, 5.41) is 6.67. The molecule has 0 unspecified atom stereocenters. The summed E-state index contributed by atoms with van der Waals surface area (Å²) in [4.78, 5) is 27.8. The second-order valence-electron chi connectivity index (χ2n) is 6.69. The van der Waals surface area contributed by atoms with Crippen molar-refractivity contribution in [2.24, 2.45) is 0 Å². The number of benzene rings is 2. The highest BCUT2D eigenvalue weighted by Crippen LogP contribution is 2.21. The van der Waals surface area contributed by atoms with Crippen molar-refractivity contribution in [3.63, 3.8) is 0 Å². The first-order chi connectivity index (χ1) is 14.6. The van der Waals surface area contributed by atoms with Crippen molar-refractivity contribution >= 4 is 28.7 Å². The third-order valence-electron chi connectivity index (χ3n) is 4.55. The Hall–Kier alpha value is -3.64. The molecular formula is C23H18ClN3O3. The standard InChI is InChI=1S/C23H18ClN3O3/c24-17-7-9-19(10-8-17)30-14-16-5-3-15(4-6-16)12-26-20-21(23(29)22(20)28)27-18-2-1-11-25-13-18/h1-11,13,26-27H,12,14H2. The molecule has 0 bridgehead atoms. The van der Waals surface area contributed by atoms with Gasteiger partial charge in [-0.1, -0.05) is 35.9 Å². The Morgan fingerprint density at radius 2 is 1.57 bits per heavy atom. The van der Waals surface area contributed by atoms with Gasteiger partial charge in [-0.25, -0.2) is 0 Å². The molecule has 0 fully saturated rings. The fourth-order valence-corrected chi connectivity index (χ4v) is 3.03. The highest BCUT2D eigenvalue weighted by molar-refractivity contribution is 6.30. The topological polar surface area (TPSA) is 80.3 Å². The average molecular weight is 420 g/mol. The lowest BCUT2D eigenvalue weighted by Crippen LogP contribution is -2.36. The van der Waals surface area contributed by atoms with E-state index in [-0.39, 0.29) is 5.69 Å². The Kier molecular flexibility index (Phi) is 5.77. The Balaban J connectivity index is 1.34. The second-order valence-corrected chi connectivity index (χ2v) is 7.12. The average Bonchev–Trinajstić information content (AvgIpc) is 2.79. The Morgan fingerprint density at radius 3 is 2.27 bits per heavy atom. The maximum absolute atomic E-state index is 11.9. The monoisotopic (exact) mass is 419 g/mol. The Bertz CT molecular complexity index is 1200. The van der Waals surface area contributed by atoms with E-state index in [1.807, 2.05) is 36.4 Å². The third-order valence-corrected chi connectivity index (χ3v) is 4.80. The molecule has 1 aromatic heterocycles. The summed E-state index contributed by atoms with van der Waals surface area (Å²) in [5.41, 5.74) is 2.15. The number of anilines is 3. The molecule has 0 spiro atoms. The molecule has 7 heteroatoms. The van der Waals surface area contributed by atoms with Crippen LogP contribution in [0.3, 0.4) is 0 Å². The van der Waals surface area contributed by atoms with Gasteiger partial charge in [0.2, 0.25) is 0 Å². The van der Waals surface area contributed by atoms with Crippen molar-refractivity contribution in [2.45, 2.75) is 13.2 Å². The first-order valence-corrected chi connectivity index (χ1v) is 9.68. The van der Waals surface area contributed by atoms with Crippen LogP contribution < -0.4 is 26.2 Å². The lowest BCUT2D eigenvalue weighted by atomic mass is 10.1. The van der Waals surface area contributed by atoms with Crippen LogP contribution in [0.2, 0.25) is 5.02 Å². The van der Waals surface area contributed by atoms with E-state index in [9.17, 15) is 9.59 Å². The van der Waals surface area contributed by atoms with Crippen LogP contribution in [0.25, 0.3) is 0 Å². The number of aromatic nitrogens is 1. The molecule has 0 amide bonds. The summed E-state index contributed by atoms with van der Waals surface area (Å²) in [6.07, 6.45) is 3.22. The van der Waals surface area contributed by atoms with Crippen LogP contribution in [0, 0.1) is 0 Å². The quantitative estimate of drug-likeness (QED) is 0.415. The minimum absolute atomic E-state index is 0.265. The SMILES string of the molecule is O=c1c(NCc2ccc(COc3ccc(Cl)cc3)cc2)c(Nc2cccnc2)c1=O. The van der Waals surface area contributed by atoms with E-state index >= 15 is 0 Å². The zero-order valence-corrected chi connectivity index (χ0v) is 16.6. The molecular weight excluding hydrogens is 402 g/mol. The van der Waals surface area contributed by atoms with Gasteiger partial charge in [0.25, 0.3) is 10.9 Å². The van der Waals surface area contributed by atoms with E-state index in [4.69, 9.17) is 16.3 Å². The van der Waals surface area contributed by atoms with Gasteiger partial charge < -0.3 is 15.4 Å². The first-order valence-electron chi connectivity index (χ1n) is 9.30. The molecule has 1 heterocycles. The van der Waals surface area contributed by atoms with Crippen molar-refractivity contribution in [1.29, 1.82) is 0 Å². The molecule has 30 heavy (non-hydrogen) atoms. The van der Waals surface area contributed by atoms with E-state index in [0.29, 0.717) is 29.5 Å². The van der Waals surface area contributed by atoms with Gasteiger partial charge in [-0.05, 0) is 47.5 Å². The van der Waals surface area contributed by atoms with Crippen LogP contribution in [0.5, 0.6) is 5.75 Å². The minimum atomic E-state index is -0.531. The van der Waals surface area contributed by atoms with E-state index < -0.39 is 10.9 Å². The van der Waals surface area contributed by atoms with Crippen LogP contribution in [0.1, 0.15) is 11.1 Å². The van der Waals surface area contributed by atoms with Gasteiger partial charge in [0.15, 0.2) is 0 Å². The van der Waals surface area contributed by atoms with Gasteiger partial charge in [-0.15, -0.1) is 0 Å². The molecule has 0 atom stereocenters. The van der Waals surface area contributed by atoms with Crippen LogP contribution in [0.4, 0.5) is 17.1 Å². The largest absolute Gasteiger partial charge is 0.489 e. The lowest BCUT2D eigenvalue weighted by Gasteiger charge is -2.15. The highest BCUT2D eigenvalue weighted by Gasteiger charge is 2.20. The molecule has 3 aromatic carbocycles. The summed E-state index contributed by atoms with van der Waals surface area (Å²) in [6, 6.07) is 18.6. The minimum Gasteiger partial charge on any atom is -0.489 e. The predicted octanol–water partition coefficient (Wildman–Crippen LogP) is 4.27. The van der Waals surface area contributed by atoms with Crippen molar-refractivity contribution in [3.8, 4) is 5.75 Å². The number of hydrogen-bond donors (Lipinski definition) is 2. The van der Waals surface area contributed by atoms with E-state index in [1.165, 1.54) is 0 Å². The molecule has 0 aliphatic heterocycles. The second kappa shape index (κ2) is 8.80. The van der Waals surface area contributed by atoms with Crippen LogP contribution in [0.15, 0.2) is 82.6 Å². The fourth-order valence-electron chi connectivity index (χ4n) is 2.90. The number of nitrogens with zero attached hydrogens (tertiary/aromatic N) is 1. The van der Waals surface area contributed by atoms with Crippen molar-refractivity contribution in [3.05, 3.63) is 110 Å². The van der Waals surface area contributed by atoms with Crippen LogP contribution in [-0.2, 0) is 13.2 Å². The van der Waals surface area contributed by atoms with Gasteiger partial charge >= 0.3 is 0 Å². The van der Waals surface area contributed by atoms with Gasteiger partial charge in [-0.3, -0.25) is 14.6 Å². The molecule has 150 valence electrons. The molecule has 0 saturated carbocycles. The molecule has 0 aliphatic carbocycles. The van der Waals surface area contributed by atoms with E-state index in [0.717, 1.165) is 16.9 Å². The number of hydrogen-bond acceptors (Lipinski definition) is 6. The molecule has 0 saturated heterocycles. The summed E-state index contributed by atoms with van der Waals surface area (Å²) in [7, 11) is 0. The van der Waals surface area contributed by atoms with Crippen LogP contribution >= 0.6 is 11.6 Å². The predicted molar refractivity (Wildman–Crippen MR) is 118 cm³/mol. The number of pyridine rings is 1. The number of ether oxygens (including phenoxy) is 1. The van der Waals surface area contributed by atoms with Crippen LogP contribution in [-0.4, -0.2) is 4.98 Å². The van der Waals surface area contributed by atoms with E-state index in [1.54, 1.807) is 36.7 Å². The lowest BCUT2D eigenvalue weighted by molar-refractivity contribution is 0.306. The van der Waals surface area contributed by atoms with Gasteiger partial charge in [0, 0.05) is 17.8 Å². The molecule has 0 radical (unpaired) electrons. The van der Waals surface area contributed by atoms with E-state index in [2.05, 4.69) is 15.6 Å². The first kappa shape index (κ1) is 19.7. The molecule has 2 N–H and O–H groups in total. The summed E-state index contributed by atoms with van der Waals surface area (Å²) in [6.45, 7) is 0.859. The molecule has 0 aliphatic rings. The summed E-state index contributed by atoms with van der Waals surface area (Å²) in [5.74, 6) is 0.749. The normalized spacial score (nSPS) is 10.7. The smallest absolute Gasteiger partial charge is 0.253 e. The summed E-state index contributed by atoms with van der Waals surface area (Å²) >= 11 is 5.87. The zero-order valence-electron chi connectivity index (χ0n) is 15.9. The van der Waals surface area contributed by atoms with Crippen molar-refractivity contribution < 1.29 is 4.74 Å². The molecule has 4 aromatic rings. The van der Waals surface area contributed by atoms with Gasteiger partial charge in [0.05, 0.1) is 11.9 Å². The van der Waals surface area contributed by atoms with Gasteiger partial charge in [0.1, 0.15) is 23.7 Å². The molecule has 4 rings (SSSR count). The Labute approximate surface area is 177 Å². The highest BCUT2D eigenvalue weighted by atomic mass is 35.5. The maximum Gasteiger partial charge on any atom is 0.253 e. The zero-order chi connectivity index (χ0) is 20.9. The third kappa shape index (κ3) is 4.50. The summed E-state index contributed by atoms with van der Waals surface area (Å²) < 4.78 is 5.73. The fraction of sp³-hybridized carbons (Fsp3) is 0.0870. The number of nitrogens with one attached hydrogen (secondary N) is 2. The maximum atomic E-state index is 11.9. The Morgan fingerprint density at radius 1 is 0.867 bits per heavy atom. The van der Waals surface area contributed by atoms with Crippen molar-refractivity contribution in [1.82, 2.24) is 4.98 Å². The van der Waals surface area contributed by atoms with Gasteiger partial charge in [-0.2, -0.15) is 0 Å². The van der Waals surface area contributed by atoms with Crippen molar-refractivity contribution in [2.75, 3.05) is 10.6 Å². The molecule has 6 nitrogen and oxygen atoms in total.